The number of benzene rings is 2. The molecule has 0 saturated heterocycles. The van der Waals surface area contributed by atoms with E-state index < -0.39 is 24.3 Å². The van der Waals surface area contributed by atoms with E-state index in [1.807, 2.05) is 42.7 Å². The molecular formula is C36H43N9O3. The molecule has 12 heteroatoms. The molecule has 0 spiro atoms. The van der Waals surface area contributed by atoms with Gasteiger partial charge in [-0.25, -0.2) is 9.97 Å². The number of nitrogens with zero attached hydrogens (tertiary/aromatic N) is 6. The highest BCUT2D eigenvalue weighted by Gasteiger charge is 2.44. The Balaban J connectivity index is 1.21. The van der Waals surface area contributed by atoms with Gasteiger partial charge >= 0.3 is 0 Å². The molecule has 5 N–H and O–H groups in total. The molecule has 250 valence electrons. The molecule has 2 aliphatic rings. The SMILES string of the molecule is CC(C)n1cnc(CCNc2nc(NC(c3ccccc3)c3ccccc3)c3ncn([C@@H]4C[C@H](NC(=O)C5CCC5)[C@@H](O)[C@H]4O)c3n2)c1. The second kappa shape index (κ2) is 13.7. The lowest BCUT2D eigenvalue weighted by Crippen LogP contribution is -2.46. The number of rotatable bonds is 12. The van der Waals surface area contributed by atoms with Crippen molar-refractivity contribution in [3.05, 3.63) is 96.3 Å². The van der Waals surface area contributed by atoms with Crippen LogP contribution in [-0.4, -0.2) is 70.0 Å². The van der Waals surface area contributed by atoms with E-state index in [2.05, 4.69) is 69.8 Å². The molecule has 2 saturated carbocycles. The average Bonchev–Trinajstić information content (AvgIpc) is 3.79. The molecule has 0 aliphatic heterocycles. The lowest BCUT2D eigenvalue weighted by atomic mass is 9.84. The maximum atomic E-state index is 12.7. The highest BCUT2D eigenvalue weighted by molar-refractivity contribution is 5.85. The van der Waals surface area contributed by atoms with Crippen LogP contribution in [0.2, 0.25) is 0 Å². The van der Waals surface area contributed by atoms with Gasteiger partial charge in [0, 0.05) is 31.1 Å². The minimum atomic E-state index is -1.12. The number of fused-ring (bicyclic) bond motifs is 1. The van der Waals surface area contributed by atoms with Crippen LogP contribution in [0, 0.1) is 5.92 Å². The van der Waals surface area contributed by atoms with Gasteiger partial charge in [0.05, 0.1) is 36.5 Å². The van der Waals surface area contributed by atoms with E-state index in [0.717, 1.165) is 36.1 Å². The predicted molar refractivity (Wildman–Crippen MR) is 183 cm³/mol. The Morgan fingerprint density at radius 1 is 0.938 bits per heavy atom. The Morgan fingerprint density at radius 2 is 1.65 bits per heavy atom. The van der Waals surface area contributed by atoms with E-state index in [1.54, 1.807) is 10.9 Å². The van der Waals surface area contributed by atoms with Gasteiger partial charge in [0.25, 0.3) is 0 Å². The van der Waals surface area contributed by atoms with Gasteiger partial charge in [-0.2, -0.15) is 9.97 Å². The lowest BCUT2D eigenvalue weighted by molar-refractivity contribution is -0.129. The zero-order valence-corrected chi connectivity index (χ0v) is 27.3. The molecular weight excluding hydrogens is 606 g/mol. The number of imidazole rings is 2. The van der Waals surface area contributed by atoms with Crippen molar-refractivity contribution in [2.75, 3.05) is 17.2 Å². The summed E-state index contributed by atoms with van der Waals surface area (Å²) < 4.78 is 3.89. The molecule has 0 unspecified atom stereocenters. The molecule has 5 aromatic rings. The van der Waals surface area contributed by atoms with Gasteiger partial charge in [-0.05, 0) is 44.2 Å². The number of aliphatic hydroxyl groups is 2. The van der Waals surface area contributed by atoms with Crippen molar-refractivity contribution >= 4 is 28.8 Å². The van der Waals surface area contributed by atoms with Gasteiger partial charge in [-0.1, -0.05) is 67.1 Å². The van der Waals surface area contributed by atoms with E-state index in [9.17, 15) is 15.0 Å². The van der Waals surface area contributed by atoms with E-state index in [1.165, 1.54) is 0 Å². The summed E-state index contributed by atoms with van der Waals surface area (Å²) >= 11 is 0. The van der Waals surface area contributed by atoms with Gasteiger partial charge < -0.3 is 35.3 Å². The monoisotopic (exact) mass is 649 g/mol. The number of aliphatic hydroxyl groups excluding tert-OH is 2. The van der Waals surface area contributed by atoms with E-state index >= 15 is 0 Å². The van der Waals surface area contributed by atoms with Crippen molar-refractivity contribution in [2.24, 2.45) is 5.92 Å². The summed E-state index contributed by atoms with van der Waals surface area (Å²) in [7, 11) is 0. The van der Waals surface area contributed by atoms with Crippen molar-refractivity contribution in [3.63, 3.8) is 0 Å². The normalized spacial score (nSPS) is 21.1. The molecule has 12 nitrogen and oxygen atoms in total. The van der Waals surface area contributed by atoms with Crippen molar-refractivity contribution in [2.45, 2.75) is 82.3 Å². The summed E-state index contributed by atoms with van der Waals surface area (Å²) in [5.74, 6) is 0.863. The van der Waals surface area contributed by atoms with Crippen LogP contribution in [0.3, 0.4) is 0 Å². The van der Waals surface area contributed by atoms with Gasteiger partial charge in [0.2, 0.25) is 11.9 Å². The summed E-state index contributed by atoms with van der Waals surface area (Å²) in [6.07, 6.45) is 7.10. The smallest absolute Gasteiger partial charge is 0.226 e. The first-order chi connectivity index (χ1) is 23.4. The molecule has 1 amide bonds. The van der Waals surface area contributed by atoms with Crippen LogP contribution in [0.15, 0.2) is 79.5 Å². The number of carbonyl (C=O) groups excluding carboxylic acids is 1. The second-order valence-electron chi connectivity index (χ2n) is 13.2. The predicted octanol–water partition coefficient (Wildman–Crippen LogP) is 4.41. The zero-order valence-electron chi connectivity index (χ0n) is 27.3. The number of amides is 1. The van der Waals surface area contributed by atoms with Crippen LogP contribution < -0.4 is 16.0 Å². The Kier molecular flexibility index (Phi) is 9.09. The molecule has 48 heavy (non-hydrogen) atoms. The molecule has 4 atom stereocenters. The molecule has 3 heterocycles. The minimum absolute atomic E-state index is 0.0150. The Labute approximate surface area is 279 Å². The Hall–Kier alpha value is -4.81. The standard InChI is InChI=1S/C36H43N9O3/c1-22(2)44-19-26(38-20-44)16-17-37-36-42-33(41-29(23-10-5-3-6-11-23)24-12-7-4-8-13-24)30-34(43-36)45(21-39-30)28-18-27(31(46)32(28)47)40-35(48)25-14-9-15-25/h3-8,10-13,19-22,25,27-29,31-32,46-47H,9,14-18H2,1-2H3,(H,40,48)(H2,37,41,42,43)/t27-,28+,31+,32-/m0/s1. The van der Waals surface area contributed by atoms with E-state index in [4.69, 9.17) is 15.0 Å². The number of aromatic nitrogens is 6. The van der Waals surface area contributed by atoms with Crippen LogP contribution >= 0.6 is 0 Å². The summed E-state index contributed by atoms with van der Waals surface area (Å²) in [5, 5.41) is 32.3. The number of carbonyl (C=O) groups is 1. The summed E-state index contributed by atoms with van der Waals surface area (Å²) in [6, 6.07) is 19.3. The molecule has 0 radical (unpaired) electrons. The van der Waals surface area contributed by atoms with E-state index in [-0.39, 0.29) is 17.9 Å². The summed E-state index contributed by atoms with van der Waals surface area (Å²) in [4.78, 5) is 31.8. The Morgan fingerprint density at radius 3 is 2.27 bits per heavy atom. The topological polar surface area (TPSA) is 155 Å². The molecule has 0 bridgehead atoms. The van der Waals surface area contributed by atoms with Gasteiger partial charge in [-0.3, -0.25) is 4.79 Å². The van der Waals surface area contributed by atoms with Crippen LogP contribution in [-0.2, 0) is 11.2 Å². The zero-order chi connectivity index (χ0) is 33.2. The van der Waals surface area contributed by atoms with Crippen molar-refractivity contribution in [1.29, 1.82) is 0 Å². The maximum absolute atomic E-state index is 12.7. The van der Waals surface area contributed by atoms with Gasteiger partial charge in [0.15, 0.2) is 17.0 Å². The van der Waals surface area contributed by atoms with Crippen molar-refractivity contribution < 1.29 is 15.0 Å². The van der Waals surface area contributed by atoms with E-state index in [0.29, 0.717) is 48.4 Å². The summed E-state index contributed by atoms with van der Waals surface area (Å²) in [6.45, 7) is 4.79. The number of anilines is 2. The van der Waals surface area contributed by atoms with Crippen molar-refractivity contribution in [3.8, 4) is 0 Å². The quantitative estimate of drug-likeness (QED) is 0.132. The van der Waals surface area contributed by atoms with Crippen molar-refractivity contribution in [1.82, 2.24) is 34.4 Å². The largest absolute Gasteiger partial charge is 0.388 e. The molecule has 3 aromatic heterocycles. The number of nitrogens with one attached hydrogen (secondary N) is 3. The second-order valence-corrected chi connectivity index (χ2v) is 13.2. The first-order valence-electron chi connectivity index (χ1n) is 16.9. The number of hydrogen-bond donors (Lipinski definition) is 5. The third-order valence-corrected chi connectivity index (χ3v) is 9.70. The highest BCUT2D eigenvalue weighted by atomic mass is 16.3. The van der Waals surface area contributed by atoms with Crippen LogP contribution in [0.1, 0.15) is 74.5 Å². The fourth-order valence-corrected chi connectivity index (χ4v) is 6.62. The molecule has 2 aliphatic carbocycles. The van der Waals surface area contributed by atoms with Gasteiger partial charge in [-0.15, -0.1) is 0 Å². The molecule has 2 aromatic carbocycles. The number of hydrogen-bond acceptors (Lipinski definition) is 9. The van der Waals surface area contributed by atoms with Gasteiger partial charge in [0.1, 0.15) is 12.2 Å². The third-order valence-electron chi connectivity index (χ3n) is 9.70. The minimum Gasteiger partial charge on any atom is -0.388 e. The summed E-state index contributed by atoms with van der Waals surface area (Å²) in [5.41, 5.74) is 4.14. The first kappa shape index (κ1) is 31.8. The first-order valence-corrected chi connectivity index (χ1v) is 16.9. The van der Waals surface area contributed by atoms with Crippen LogP contribution in [0.5, 0.6) is 0 Å². The molecule has 2 fully saturated rings. The fraction of sp³-hybridized carbons (Fsp3) is 0.417. The third kappa shape index (κ3) is 6.50. The average molecular weight is 650 g/mol. The lowest BCUT2D eigenvalue weighted by Gasteiger charge is -2.27. The van der Waals surface area contributed by atoms with Crippen LogP contribution in [0.4, 0.5) is 11.8 Å². The van der Waals surface area contributed by atoms with Crippen LogP contribution in [0.25, 0.3) is 11.2 Å². The Bertz CT molecular complexity index is 1800. The fourth-order valence-electron chi connectivity index (χ4n) is 6.62. The maximum Gasteiger partial charge on any atom is 0.226 e. The molecule has 7 rings (SSSR count). The highest BCUT2D eigenvalue weighted by Crippen LogP contribution is 2.36.